The Labute approximate surface area is 182 Å². The van der Waals surface area contributed by atoms with Crippen LogP contribution in [0.4, 0.5) is 10.1 Å². The van der Waals surface area contributed by atoms with Gasteiger partial charge >= 0.3 is 0 Å². The predicted molar refractivity (Wildman–Crippen MR) is 120 cm³/mol. The lowest BCUT2D eigenvalue weighted by molar-refractivity contribution is -0.115. The maximum atomic E-state index is 13.9. The van der Waals surface area contributed by atoms with E-state index in [-0.39, 0.29) is 24.3 Å². The average Bonchev–Trinajstić information content (AvgIpc) is 2.79. The minimum absolute atomic E-state index is 0.0249. The molecule has 3 aromatic carbocycles. The number of hydrogen-bond donors (Lipinski definition) is 2. The van der Waals surface area contributed by atoms with Crippen molar-refractivity contribution in [1.82, 2.24) is 5.32 Å². The summed E-state index contributed by atoms with van der Waals surface area (Å²) in [5, 5.41) is 6.10. The molecule has 31 heavy (non-hydrogen) atoms. The Bertz CT molecular complexity index is 1020. The third kappa shape index (κ3) is 5.83. The van der Waals surface area contributed by atoms with Crippen LogP contribution in [0.3, 0.4) is 0 Å². The van der Waals surface area contributed by atoms with Crippen LogP contribution in [0.25, 0.3) is 0 Å². The highest BCUT2D eigenvalue weighted by atomic mass is 19.1. The third-order valence-corrected chi connectivity index (χ3v) is 5.05. The van der Waals surface area contributed by atoms with Crippen LogP contribution in [-0.4, -0.2) is 26.7 Å². The fourth-order valence-corrected chi connectivity index (χ4v) is 3.36. The Hall–Kier alpha value is -3.38. The van der Waals surface area contributed by atoms with Gasteiger partial charge in [-0.15, -0.1) is 0 Å². The number of halogens is 1. The summed E-state index contributed by atoms with van der Waals surface area (Å²) in [4.78, 5) is 12.7. The van der Waals surface area contributed by atoms with Crippen LogP contribution in [0, 0.1) is 5.82 Å². The van der Waals surface area contributed by atoms with Gasteiger partial charge in [0.05, 0.1) is 32.5 Å². The topological polar surface area (TPSA) is 59.6 Å². The number of carbonyl (C=O) groups is 1. The van der Waals surface area contributed by atoms with Gasteiger partial charge in [0.1, 0.15) is 17.3 Å². The van der Waals surface area contributed by atoms with Gasteiger partial charge in [-0.05, 0) is 47.4 Å². The number of carbonyl (C=O) groups excluding carboxylic acids is 1. The molecule has 0 unspecified atom stereocenters. The van der Waals surface area contributed by atoms with E-state index in [0.717, 1.165) is 17.5 Å². The summed E-state index contributed by atoms with van der Waals surface area (Å²) < 4.78 is 24.4. The Morgan fingerprint density at radius 3 is 2.39 bits per heavy atom. The summed E-state index contributed by atoms with van der Waals surface area (Å²) in [6, 6.07) is 19.3. The smallest absolute Gasteiger partial charge is 0.238 e. The van der Waals surface area contributed by atoms with E-state index in [2.05, 4.69) is 17.6 Å². The van der Waals surface area contributed by atoms with E-state index in [9.17, 15) is 9.18 Å². The van der Waals surface area contributed by atoms with E-state index in [1.165, 1.54) is 24.8 Å². The van der Waals surface area contributed by atoms with Crippen molar-refractivity contribution in [3.8, 4) is 11.5 Å². The summed E-state index contributed by atoms with van der Waals surface area (Å²) in [5.74, 6) is 0.571. The fourth-order valence-electron chi connectivity index (χ4n) is 3.36. The van der Waals surface area contributed by atoms with Gasteiger partial charge in [0, 0.05) is 6.07 Å². The van der Waals surface area contributed by atoms with E-state index in [0.29, 0.717) is 17.2 Å². The molecule has 6 heteroatoms. The molecule has 0 aliphatic carbocycles. The third-order valence-electron chi connectivity index (χ3n) is 5.05. The number of aryl methyl sites for hydroxylation is 1. The molecule has 0 aliphatic rings. The molecule has 0 saturated carbocycles. The molecular weight excluding hydrogens is 395 g/mol. The lowest BCUT2D eigenvalue weighted by Crippen LogP contribution is -2.32. The van der Waals surface area contributed by atoms with Gasteiger partial charge in [-0.3, -0.25) is 10.1 Å². The molecule has 0 radical (unpaired) electrons. The molecule has 2 N–H and O–H groups in total. The van der Waals surface area contributed by atoms with E-state index in [1.54, 1.807) is 31.4 Å². The number of methoxy groups -OCH3 is 2. The lowest BCUT2D eigenvalue weighted by Gasteiger charge is -2.20. The van der Waals surface area contributed by atoms with Crippen LogP contribution in [0.15, 0.2) is 66.7 Å². The van der Waals surface area contributed by atoms with Crippen LogP contribution in [-0.2, 0) is 11.2 Å². The van der Waals surface area contributed by atoms with E-state index >= 15 is 0 Å². The SMILES string of the molecule is CCc1ccc([C@@H](NCC(=O)Nc2cc(OC)ccc2OC)c2cccc(F)c2)cc1. The Balaban J connectivity index is 1.78. The highest BCUT2D eigenvalue weighted by Crippen LogP contribution is 2.29. The molecule has 0 spiro atoms. The Morgan fingerprint density at radius 2 is 1.74 bits per heavy atom. The van der Waals surface area contributed by atoms with Gasteiger partial charge in [0.25, 0.3) is 0 Å². The van der Waals surface area contributed by atoms with E-state index in [1.807, 2.05) is 30.3 Å². The Morgan fingerprint density at radius 1 is 0.968 bits per heavy atom. The molecule has 0 fully saturated rings. The maximum Gasteiger partial charge on any atom is 0.238 e. The van der Waals surface area contributed by atoms with Gasteiger partial charge in [-0.1, -0.05) is 43.3 Å². The number of nitrogens with one attached hydrogen (secondary N) is 2. The molecule has 3 rings (SSSR count). The van der Waals surface area contributed by atoms with Crippen molar-refractivity contribution in [1.29, 1.82) is 0 Å². The van der Waals surface area contributed by atoms with Crippen molar-refractivity contribution in [2.24, 2.45) is 0 Å². The molecular formula is C25H27FN2O3. The highest BCUT2D eigenvalue weighted by Gasteiger charge is 2.17. The first kappa shape index (κ1) is 22.3. The summed E-state index contributed by atoms with van der Waals surface area (Å²) in [6.45, 7) is 2.12. The normalized spacial score (nSPS) is 11.6. The minimum Gasteiger partial charge on any atom is -0.497 e. The zero-order chi connectivity index (χ0) is 22.2. The number of anilines is 1. The number of rotatable bonds is 9. The van der Waals surface area contributed by atoms with Crippen molar-refractivity contribution in [2.75, 3.05) is 26.1 Å². The summed E-state index contributed by atoms with van der Waals surface area (Å²) in [6.07, 6.45) is 0.934. The number of hydrogen-bond acceptors (Lipinski definition) is 4. The number of amides is 1. The second kappa shape index (κ2) is 10.6. The Kier molecular flexibility index (Phi) is 7.62. The van der Waals surface area contributed by atoms with Crippen LogP contribution in [0.2, 0.25) is 0 Å². The van der Waals surface area contributed by atoms with Gasteiger partial charge in [-0.25, -0.2) is 4.39 Å². The van der Waals surface area contributed by atoms with Crippen molar-refractivity contribution in [3.05, 3.63) is 89.2 Å². The monoisotopic (exact) mass is 422 g/mol. The van der Waals surface area contributed by atoms with Crippen molar-refractivity contribution >= 4 is 11.6 Å². The molecule has 1 atom stereocenters. The molecule has 3 aromatic rings. The quantitative estimate of drug-likeness (QED) is 0.524. The zero-order valence-corrected chi connectivity index (χ0v) is 17.9. The highest BCUT2D eigenvalue weighted by molar-refractivity contribution is 5.94. The summed E-state index contributed by atoms with van der Waals surface area (Å²) in [7, 11) is 3.10. The number of benzene rings is 3. The first-order valence-electron chi connectivity index (χ1n) is 10.1. The lowest BCUT2D eigenvalue weighted by atomic mass is 9.97. The fraction of sp³-hybridized carbons (Fsp3) is 0.240. The van der Waals surface area contributed by atoms with Gasteiger partial charge < -0.3 is 14.8 Å². The van der Waals surface area contributed by atoms with Crippen molar-refractivity contribution < 1.29 is 18.7 Å². The van der Waals surface area contributed by atoms with E-state index in [4.69, 9.17) is 9.47 Å². The molecule has 1 amide bonds. The first-order chi connectivity index (χ1) is 15.0. The van der Waals surface area contributed by atoms with Gasteiger partial charge in [0.2, 0.25) is 5.91 Å². The largest absolute Gasteiger partial charge is 0.497 e. The van der Waals surface area contributed by atoms with Gasteiger partial charge in [0.15, 0.2) is 0 Å². The van der Waals surface area contributed by atoms with Gasteiger partial charge in [-0.2, -0.15) is 0 Å². The van der Waals surface area contributed by atoms with Crippen LogP contribution >= 0.6 is 0 Å². The standard InChI is InChI=1S/C25H27FN2O3/c1-4-17-8-10-18(11-9-17)25(19-6-5-7-20(26)14-19)27-16-24(29)28-22-15-21(30-2)12-13-23(22)31-3/h5-15,25,27H,4,16H2,1-3H3,(H,28,29)/t25-/m1/s1. The van der Waals surface area contributed by atoms with Crippen molar-refractivity contribution in [2.45, 2.75) is 19.4 Å². The molecule has 0 saturated heterocycles. The van der Waals surface area contributed by atoms with Crippen LogP contribution in [0.1, 0.15) is 29.7 Å². The van der Waals surface area contributed by atoms with Crippen molar-refractivity contribution in [3.63, 3.8) is 0 Å². The first-order valence-corrected chi connectivity index (χ1v) is 10.1. The molecule has 0 aromatic heterocycles. The second-order valence-corrected chi connectivity index (χ2v) is 7.08. The maximum absolute atomic E-state index is 13.9. The summed E-state index contributed by atoms with van der Waals surface area (Å²) >= 11 is 0. The number of ether oxygens (including phenoxy) is 2. The zero-order valence-electron chi connectivity index (χ0n) is 17.9. The van der Waals surface area contributed by atoms with Crippen LogP contribution in [0.5, 0.6) is 11.5 Å². The van der Waals surface area contributed by atoms with Crippen LogP contribution < -0.4 is 20.1 Å². The summed E-state index contributed by atoms with van der Waals surface area (Å²) in [5.41, 5.74) is 3.43. The molecule has 162 valence electrons. The van der Waals surface area contributed by atoms with E-state index < -0.39 is 0 Å². The predicted octanol–water partition coefficient (Wildman–Crippen LogP) is 4.72. The minimum atomic E-state index is -0.334. The molecule has 0 bridgehead atoms. The molecule has 0 heterocycles. The average molecular weight is 423 g/mol. The molecule has 0 aliphatic heterocycles. The second-order valence-electron chi connectivity index (χ2n) is 7.08. The molecule has 5 nitrogen and oxygen atoms in total.